The van der Waals surface area contributed by atoms with E-state index in [9.17, 15) is 4.79 Å². The third-order valence-corrected chi connectivity index (χ3v) is 4.66. The Kier molecular flexibility index (Phi) is 5.93. The maximum absolute atomic E-state index is 12.3. The third kappa shape index (κ3) is 4.64. The van der Waals surface area contributed by atoms with Crippen molar-refractivity contribution < 1.29 is 9.21 Å². The molecule has 0 saturated carbocycles. The van der Waals surface area contributed by atoms with Gasteiger partial charge in [0.05, 0.1) is 24.3 Å². The number of hydrogen-bond acceptors (Lipinski definition) is 4. The predicted octanol–water partition coefficient (Wildman–Crippen LogP) is 3.50. The van der Waals surface area contributed by atoms with Gasteiger partial charge in [0.15, 0.2) is 5.16 Å². The number of aromatic nitrogens is 2. The fourth-order valence-electron chi connectivity index (χ4n) is 2.27. The summed E-state index contributed by atoms with van der Waals surface area (Å²) < 4.78 is 7.49. The zero-order valence-corrected chi connectivity index (χ0v) is 15.3. The van der Waals surface area contributed by atoms with E-state index in [4.69, 9.17) is 4.42 Å². The van der Waals surface area contributed by atoms with Gasteiger partial charge in [-0.3, -0.25) is 4.79 Å². The molecule has 0 N–H and O–H groups in total. The monoisotopic (exact) mass is 335 g/mol. The van der Waals surface area contributed by atoms with Gasteiger partial charge in [-0.2, -0.15) is 0 Å². The van der Waals surface area contributed by atoms with Gasteiger partial charge in [0.25, 0.3) is 0 Å². The molecule has 2 rings (SSSR count). The van der Waals surface area contributed by atoms with Crippen molar-refractivity contribution in [2.45, 2.75) is 45.9 Å². The van der Waals surface area contributed by atoms with Crippen LogP contribution in [0.1, 0.15) is 31.0 Å². The molecule has 0 aromatic carbocycles. The number of hydrogen-bond donors (Lipinski definition) is 0. The summed E-state index contributed by atoms with van der Waals surface area (Å²) in [5, 5.41) is 0.924. The molecule has 0 saturated heterocycles. The second-order valence-corrected chi connectivity index (χ2v) is 7.13. The standard InChI is InChI=1S/C17H25N3O2S/c1-12(2)9-20-14(4)13(3)18-17(20)23-11-16(21)19(5)10-15-7-6-8-22-15/h6-8,12H,9-11H2,1-5H3. The van der Waals surface area contributed by atoms with E-state index >= 15 is 0 Å². The van der Waals surface area contributed by atoms with Crippen molar-refractivity contribution in [1.29, 1.82) is 0 Å². The molecule has 0 spiro atoms. The van der Waals surface area contributed by atoms with E-state index in [1.54, 1.807) is 18.2 Å². The lowest BCUT2D eigenvalue weighted by Gasteiger charge is -2.16. The Hall–Kier alpha value is -1.69. The Bertz CT molecular complexity index is 647. The number of aryl methyl sites for hydroxylation is 1. The highest BCUT2D eigenvalue weighted by molar-refractivity contribution is 7.99. The quantitative estimate of drug-likeness (QED) is 0.727. The van der Waals surface area contributed by atoms with Crippen LogP contribution in [0.3, 0.4) is 0 Å². The van der Waals surface area contributed by atoms with Crippen molar-refractivity contribution in [2.75, 3.05) is 12.8 Å². The Labute approximate surface area is 142 Å². The first-order chi connectivity index (χ1) is 10.9. The zero-order valence-electron chi connectivity index (χ0n) is 14.5. The highest BCUT2D eigenvalue weighted by atomic mass is 32.2. The second-order valence-electron chi connectivity index (χ2n) is 6.19. The number of carbonyl (C=O) groups excluding carboxylic acids is 1. The number of amides is 1. The van der Waals surface area contributed by atoms with Crippen LogP contribution in [0.25, 0.3) is 0 Å². The first-order valence-corrected chi connectivity index (χ1v) is 8.80. The van der Waals surface area contributed by atoms with E-state index in [0.717, 1.165) is 23.2 Å². The van der Waals surface area contributed by atoms with Crippen LogP contribution in [-0.2, 0) is 17.9 Å². The van der Waals surface area contributed by atoms with Gasteiger partial charge >= 0.3 is 0 Å². The topological polar surface area (TPSA) is 51.3 Å². The number of carbonyl (C=O) groups is 1. The first-order valence-electron chi connectivity index (χ1n) is 7.81. The molecule has 0 bridgehead atoms. The minimum atomic E-state index is 0.0702. The van der Waals surface area contributed by atoms with Gasteiger partial charge in [0, 0.05) is 19.3 Å². The number of furan rings is 1. The second kappa shape index (κ2) is 7.73. The molecule has 0 aliphatic rings. The predicted molar refractivity (Wildman–Crippen MR) is 92.4 cm³/mol. The van der Waals surface area contributed by atoms with E-state index in [1.807, 2.05) is 19.1 Å². The molecule has 5 nitrogen and oxygen atoms in total. The normalized spacial score (nSPS) is 11.2. The molecule has 0 aliphatic heterocycles. The van der Waals surface area contributed by atoms with Crippen LogP contribution in [0.5, 0.6) is 0 Å². The van der Waals surface area contributed by atoms with Gasteiger partial charge in [-0.25, -0.2) is 4.98 Å². The number of nitrogens with zero attached hydrogens (tertiary/aromatic N) is 3. The molecule has 1 amide bonds. The highest BCUT2D eigenvalue weighted by Gasteiger charge is 2.16. The van der Waals surface area contributed by atoms with Crippen molar-refractivity contribution in [3.63, 3.8) is 0 Å². The van der Waals surface area contributed by atoms with Crippen molar-refractivity contribution in [3.8, 4) is 0 Å². The summed E-state index contributed by atoms with van der Waals surface area (Å²) in [4.78, 5) is 18.6. The Morgan fingerprint density at radius 1 is 1.43 bits per heavy atom. The van der Waals surface area contributed by atoms with Gasteiger partial charge in [-0.15, -0.1) is 0 Å². The van der Waals surface area contributed by atoms with Crippen molar-refractivity contribution in [2.24, 2.45) is 5.92 Å². The maximum atomic E-state index is 12.3. The molecule has 0 fully saturated rings. The van der Waals surface area contributed by atoms with E-state index in [0.29, 0.717) is 18.2 Å². The summed E-state index contributed by atoms with van der Waals surface area (Å²) in [6.07, 6.45) is 1.62. The lowest BCUT2D eigenvalue weighted by atomic mass is 10.2. The molecule has 23 heavy (non-hydrogen) atoms. The molecule has 0 aliphatic carbocycles. The van der Waals surface area contributed by atoms with E-state index in [1.165, 1.54) is 17.5 Å². The molecule has 126 valence electrons. The molecule has 0 atom stereocenters. The Morgan fingerprint density at radius 3 is 2.78 bits per heavy atom. The smallest absolute Gasteiger partial charge is 0.233 e. The molecule has 6 heteroatoms. The van der Waals surface area contributed by atoms with Crippen LogP contribution in [0, 0.1) is 19.8 Å². The molecule has 0 unspecified atom stereocenters. The zero-order chi connectivity index (χ0) is 17.0. The van der Waals surface area contributed by atoms with E-state index in [2.05, 4.69) is 30.3 Å². The minimum Gasteiger partial charge on any atom is -0.467 e. The number of imidazole rings is 1. The lowest BCUT2D eigenvalue weighted by molar-refractivity contribution is -0.127. The summed E-state index contributed by atoms with van der Waals surface area (Å²) in [5.74, 6) is 1.78. The summed E-state index contributed by atoms with van der Waals surface area (Å²) in [6.45, 7) is 9.88. The van der Waals surface area contributed by atoms with Crippen molar-refractivity contribution >= 4 is 17.7 Å². The van der Waals surface area contributed by atoms with Gasteiger partial charge in [0.1, 0.15) is 5.76 Å². The minimum absolute atomic E-state index is 0.0702. The van der Waals surface area contributed by atoms with Crippen LogP contribution in [-0.4, -0.2) is 33.2 Å². The Morgan fingerprint density at radius 2 is 2.17 bits per heavy atom. The summed E-state index contributed by atoms with van der Waals surface area (Å²) >= 11 is 1.50. The molecular formula is C17H25N3O2S. The lowest BCUT2D eigenvalue weighted by Crippen LogP contribution is -2.27. The van der Waals surface area contributed by atoms with Crippen molar-refractivity contribution in [1.82, 2.24) is 14.5 Å². The largest absolute Gasteiger partial charge is 0.467 e. The Balaban J connectivity index is 1.97. The summed E-state index contributed by atoms with van der Waals surface area (Å²) in [6, 6.07) is 3.70. The van der Waals surface area contributed by atoms with Crippen LogP contribution >= 0.6 is 11.8 Å². The van der Waals surface area contributed by atoms with Gasteiger partial charge in [-0.1, -0.05) is 25.6 Å². The maximum Gasteiger partial charge on any atom is 0.233 e. The van der Waals surface area contributed by atoms with Crippen molar-refractivity contribution in [3.05, 3.63) is 35.5 Å². The van der Waals surface area contributed by atoms with Gasteiger partial charge < -0.3 is 13.9 Å². The number of rotatable bonds is 7. The number of thioether (sulfide) groups is 1. The van der Waals surface area contributed by atoms with Gasteiger partial charge in [-0.05, 0) is 31.9 Å². The van der Waals surface area contributed by atoms with E-state index in [-0.39, 0.29) is 5.91 Å². The molecular weight excluding hydrogens is 310 g/mol. The summed E-state index contributed by atoms with van der Waals surface area (Å²) in [7, 11) is 1.79. The van der Waals surface area contributed by atoms with Crippen LogP contribution < -0.4 is 0 Å². The summed E-state index contributed by atoms with van der Waals surface area (Å²) in [5.41, 5.74) is 2.21. The van der Waals surface area contributed by atoms with Crippen LogP contribution in [0.4, 0.5) is 0 Å². The average molecular weight is 335 g/mol. The van der Waals surface area contributed by atoms with Gasteiger partial charge in [0.2, 0.25) is 5.91 Å². The molecule has 2 aromatic heterocycles. The molecule has 0 radical (unpaired) electrons. The van der Waals surface area contributed by atoms with E-state index < -0.39 is 0 Å². The first kappa shape index (κ1) is 17.7. The fourth-order valence-corrected chi connectivity index (χ4v) is 3.32. The third-order valence-electron chi connectivity index (χ3n) is 3.69. The molecule has 2 heterocycles. The fraction of sp³-hybridized carbons (Fsp3) is 0.529. The van der Waals surface area contributed by atoms with Crippen LogP contribution in [0.15, 0.2) is 28.0 Å². The highest BCUT2D eigenvalue weighted by Crippen LogP contribution is 2.23. The SMILES string of the molecule is Cc1nc(SCC(=O)N(C)Cc2ccco2)n(CC(C)C)c1C. The average Bonchev–Trinajstić information content (AvgIpc) is 3.08. The molecule has 2 aromatic rings. The van der Waals surface area contributed by atoms with Crippen LogP contribution in [0.2, 0.25) is 0 Å².